The van der Waals surface area contributed by atoms with Crippen molar-refractivity contribution >= 4 is 15.9 Å². The maximum absolute atomic E-state index is 13.7. The molecule has 1 saturated heterocycles. The summed E-state index contributed by atoms with van der Waals surface area (Å²) < 4.78 is 20.3. The zero-order valence-corrected chi connectivity index (χ0v) is 13.0. The third kappa shape index (κ3) is 3.18. The van der Waals surface area contributed by atoms with Gasteiger partial charge in [0.05, 0.1) is 18.3 Å². The first-order valence-electron chi connectivity index (χ1n) is 6.67. The zero-order valence-electron chi connectivity index (χ0n) is 11.4. The molecule has 5 atom stereocenters. The summed E-state index contributed by atoms with van der Waals surface area (Å²) in [6, 6.07) is 4.82. The Morgan fingerprint density at radius 3 is 2.58 bits per heavy atom. The zero-order chi connectivity index (χ0) is 14.2. The first-order chi connectivity index (χ1) is 8.90. The normalized spacial score (nSPS) is 32.5. The monoisotopic (exact) mass is 330 g/mol. The summed E-state index contributed by atoms with van der Waals surface area (Å²) in [5.41, 5.74) is 0.542. The molecule has 4 heteroatoms. The van der Waals surface area contributed by atoms with Crippen LogP contribution in [0, 0.1) is 17.7 Å². The molecule has 2 rings (SSSR count). The molecule has 0 amide bonds. The molecule has 1 aliphatic rings. The lowest BCUT2D eigenvalue weighted by Crippen LogP contribution is -2.32. The van der Waals surface area contributed by atoms with E-state index in [9.17, 15) is 9.50 Å². The Bertz CT molecular complexity index is 452. The predicted octanol–water partition coefficient (Wildman–Crippen LogP) is 3.55. The van der Waals surface area contributed by atoms with Crippen molar-refractivity contribution in [3.05, 3.63) is 34.1 Å². The van der Waals surface area contributed by atoms with Crippen molar-refractivity contribution in [1.29, 1.82) is 0 Å². The van der Waals surface area contributed by atoms with Crippen LogP contribution < -0.4 is 0 Å². The van der Waals surface area contributed by atoms with Crippen molar-refractivity contribution in [2.75, 3.05) is 0 Å². The van der Waals surface area contributed by atoms with E-state index in [2.05, 4.69) is 22.9 Å². The fraction of sp³-hybridized carbons (Fsp3) is 0.600. The van der Waals surface area contributed by atoms with E-state index in [4.69, 9.17) is 4.74 Å². The quantitative estimate of drug-likeness (QED) is 0.918. The molecule has 0 aromatic heterocycles. The summed E-state index contributed by atoms with van der Waals surface area (Å²) in [7, 11) is 0. The SMILES string of the molecule is CC1OC(C)C(C(O)Cc2cc(Br)ccc2F)C1C. The minimum absolute atomic E-state index is 0.00946. The summed E-state index contributed by atoms with van der Waals surface area (Å²) in [6.45, 7) is 6.08. The maximum Gasteiger partial charge on any atom is 0.126 e. The Labute approximate surface area is 122 Å². The van der Waals surface area contributed by atoms with Gasteiger partial charge in [-0.15, -0.1) is 0 Å². The average molecular weight is 331 g/mol. The largest absolute Gasteiger partial charge is 0.392 e. The van der Waals surface area contributed by atoms with Crippen LogP contribution in [0.25, 0.3) is 0 Å². The van der Waals surface area contributed by atoms with Gasteiger partial charge in [0, 0.05) is 16.8 Å². The van der Waals surface area contributed by atoms with Gasteiger partial charge in [0.15, 0.2) is 0 Å². The van der Waals surface area contributed by atoms with Crippen LogP contribution in [0.4, 0.5) is 4.39 Å². The number of aliphatic hydroxyl groups excluding tert-OH is 1. The summed E-state index contributed by atoms with van der Waals surface area (Å²) in [5, 5.41) is 10.4. The van der Waals surface area contributed by atoms with Gasteiger partial charge < -0.3 is 9.84 Å². The van der Waals surface area contributed by atoms with Crippen molar-refractivity contribution in [2.45, 2.75) is 45.5 Å². The highest BCUT2D eigenvalue weighted by Gasteiger charge is 2.41. The van der Waals surface area contributed by atoms with Crippen molar-refractivity contribution < 1.29 is 14.2 Å². The summed E-state index contributed by atoms with van der Waals surface area (Å²) in [4.78, 5) is 0. The van der Waals surface area contributed by atoms with Gasteiger partial charge in [0.2, 0.25) is 0 Å². The number of hydrogen-bond donors (Lipinski definition) is 1. The van der Waals surface area contributed by atoms with E-state index < -0.39 is 6.10 Å². The lowest BCUT2D eigenvalue weighted by molar-refractivity contribution is 0.0237. The minimum atomic E-state index is -0.584. The molecule has 1 aromatic carbocycles. The van der Waals surface area contributed by atoms with Crippen LogP contribution in [0.5, 0.6) is 0 Å². The Kier molecular flexibility index (Phi) is 4.64. The van der Waals surface area contributed by atoms with Crippen molar-refractivity contribution in [1.82, 2.24) is 0 Å². The standard InChI is InChI=1S/C15H20BrFO2/c1-8-9(2)19-10(3)15(8)14(18)7-11-6-12(16)4-5-13(11)17/h4-6,8-10,14-15,18H,7H2,1-3H3. The number of hydrogen-bond acceptors (Lipinski definition) is 2. The van der Waals surface area contributed by atoms with Gasteiger partial charge >= 0.3 is 0 Å². The van der Waals surface area contributed by atoms with Gasteiger partial charge in [0.1, 0.15) is 5.82 Å². The lowest BCUT2D eigenvalue weighted by atomic mass is 9.82. The molecule has 106 valence electrons. The molecule has 0 aliphatic carbocycles. The molecule has 1 aliphatic heterocycles. The molecule has 5 unspecified atom stereocenters. The summed E-state index contributed by atoms with van der Waals surface area (Å²) >= 11 is 3.33. The molecule has 2 nitrogen and oxygen atoms in total. The van der Waals surface area contributed by atoms with Crippen molar-refractivity contribution in [3.8, 4) is 0 Å². The smallest absolute Gasteiger partial charge is 0.126 e. The van der Waals surface area contributed by atoms with Gasteiger partial charge in [-0.05, 0) is 43.5 Å². The molecule has 0 spiro atoms. The molecular formula is C15H20BrFO2. The predicted molar refractivity (Wildman–Crippen MR) is 76.5 cm³/mol. The Balaban J connectivity index is 2.12. The van der Waals surface area contributed by atoms with Gasteiger partial charge in [-0.2, -0.15) is 0 Å². The lowest BCUT2D eigenvalue weighted by Gasteiger charge is -2.25. The molecule has 1 aromatic rings. The van der Waals surface area contributed by atoms with E-state index in [1.165, 1.54) is 6.07 Å². The number of benzene rings is 1. The van der Waals surface area contributed by atoms with Crippen molar-refractivity contribution in [3.63, 3.8) is 0 Å². The molecular weight excluding hydrogens is 311 g/mol. The van der Waals surface area contributed by atoms with Crippen molar-refractivity contribution in [2.24, 2.45) is 11.8 Å². The van der Waals surface area contributed by atoms with Crippen LogP contribution in [-0.4, -0.2) is 23.4 Å². The molecule has 1 N–H and O–H groups in total. The highest BCUT2D eigenvalue weighted by Crippen LogP contribution is 2.35. The fourth-order valence-corrected chi connectivity index (χ4v) is 3.43. The molecule has 1 fully saturated rings. The second kappa shape index (κ2) is 5.90. The van der Waals surface area contributed by atoms with Crippen LogP contribution in [0.15, 0.2) is 22.7 Å². The Morgan fingerprint density at radius 2 is 2.00 bits per heavy atom. The van der Waals surface area contributed by atoms with E-state index in [0.29, 0.717) is 12.0 Å². The third-order valence-corrected chi connectivity index (χ3v) is 4.69. The first kappa shape index (κ1) is 14.9. The Hall–Kier alpha value is -0.450. The number of halogens is 2. The van der Waals surface area contributed by atoms with E-state index in [-0.39, 0.29) is 29.9 Å². The van der Waals surface area contributed by atoms with E-state index in [1.807, 2.05) is 13.8 Å². The maximum atomic E-state index is 13.7. The molecule has 0 bridgehead atoms. The molecule has 0 radical (unpaired) electrons. The molecule has 19 heavy (non-hydrogen) atoms. The fourth-order valence-electron chi connectivity index (χ4n) is 3.02. The average Bonchev–Trinajstić information content (AvgIpc) is 2.58. The van der Waals surface area contributed by atoms with Gasteiger partial charge in [-0.3, -0.25) is 0 Å². The second-order valence-electron chi connectivity index (χ2n) is 5.49. The van der Waals surface area contributed by atoms with Crippen LogP contribution in [-0.2, 0) is 11.2 Å². The summed E-state index contributed by atoms with van der Waals surface area (Å²) in [6.07, 6.45) is -0.114. The number of aliphatic hydroxyl groups is 1. The minimum Gasteiger partial charge on any atom is -0.392 e. The number of ether oxygens (including phenoxy) is 1. The van der Waals surface area contributed by atoms with E-state index >= 15 is 0 Å². The topological polar surface area (TPSA) is 29.5 Å². The Morgan fingerprint density at radius 1 is 1.32 bits per heavy atom. The third-order valence-electron chi connectivity index (χ3n) is 4.20. The van der Waals surface area contributed by atoms with Gasteiger partial charge in [-0.1, -0.05) is 22.9 Å². The van der Waals surface area contributed by atoms with Crippen LogP contribution in [0.1, 0.15) is 26.3 Å². The summed E-state index contributed by atoms with van der Waals surface area (Å²) in [5.74, 6) is 0.0584. The molecule has 1 heterocycles. The highest BCUT2D eigenvalue weighted by molar-refractivity contribution is 9.10. The van der Waals surface area contributed by atoms with Crippen LogP contribution in [0.2, 0.25) is 0 Å². The van der Waals surface area contributed by atoms with Gasteiger partial charge in [-0.25, -0.2) is 4.39 Å². The number of rotatable bonds is 3. The van der Waals surface area contributed by atoms with E-state index in [0.717, 1.165) is 4.47 Å². The van der Waals surface area contributed by atoms with Gasteiger partial charge in [0.25, 0.3) is 0 Å². The first-order valence-corrected chi connectivity index (χ1v) is 7.47. The molecule has 0 saturated carbocycles. The van der Waals surface area contributed by atoms with Crippen LogP contribution in [0.3, 0.4) is 0 Å². The highest BCUT2D eigenvalue weighted by atomic mass is 79.9. The second-order valence-corrected chi connectivity index (χ2v) is 6.41. The van der Waals surface area contributed by atoms with E-state index in [1.54, 1.807) is 12.1 Å². The van der Waals surface area contributed by atoms with Crippen LogP contribution >= 0.6 is 15.9 Å².